The number of hydrogen-bond donors (Lipinski definition) is 0. The third-order valence-corrected chi connectivity index (χ3v) is 4.76. The van der Waals surface area contributed by atoms with Crippen LogP contribution in [0.1, 0.15) is 22.8 Å². The van der Waals surface area contributed by atoms with E-state index in [0.717, 1.165) is 4.88 Å². The Bertz CT molecular complexity index is 827. The van der Waals surface area contributed by atoms with Crippen LogP contribution in [0.5, 0.6) is 5.75 Å². The number of methoxy groups -OCH3 is 1. The minimum absolute atomic E-state index is 0.0323. The molecule has 0 amide bonds. The van der Waals surface area contributed by atoms with Crippen molar-refractivity contribution in [2.75, 3.05) is 13.7 Å². The second-order valence-corrected chi connectivity index (χ2v) is 6.22. The molecule has 0 aliphatic rings. The van der Waals surface area contributed by atoms with Gasteiger partial charge in [0.15, 0.2) is 0 Å². The molecule has 1 unspecified atom stereocenters. The molecule has 0 N–H and O–H groups in total. The Morgan fingerprint density at radius 1 is 1.28 bits per heavy atom. The first kappa shape index (κ1) is 18.2. The zero-order chi connectivity index (χ0) is 18.2. The van der Waals surface area contributed by atoms with Gasteiger partial charge in [0.2, 0.25) is 6.54 Å². The molecule has 1 aromatic carbocycles. The zero-order valence-corrected chi connectivity index (χ0v) is 14.3. The maximum absolute atomic E-state index is 11.1. The van der Waals surface area contributed by atoms with Crippen molar-refractivity contribution in [1.82, 2.24) is 0 Å². The molecule has 0 spiro atoms. The van der Waals surface area contributed by atoms with Crippen molar-refractivity contribution in [1.29, 1.82) is 10.5 Å². The zero-order valence-electron chi connectivity index (χ0n) is 13.5. The second kappa shape index (κ2) is 8.62. The second-order valence-electron chi connectivity index (χ2n) is 5.24. The molecule has 0 radical (unpaired) electrons. The van der Waals surface area contributed by atoms with E-state index in [-0.39, 0.29) is 23.5 Å². The number of nitrogens with zero attached hydrogens (tertiary/aromatic N) is 3. The number of nitriles is 2. The highest BCUT2D eigenvalue weighted by atomic mass is 32.1. The summed E-state index contributed by atoms with van der Waals surface area (Å²) in [6.45, 7) is -0.260. The Balaban J connectivity index is 2.45. The predicted molar refractivity (Wildman–Crippen MR) is 94.7 cm³/mol. The van der Waals surface area contributed by atoms with E-state index in [2.05, 4.69) is 0 Å². The van der Waals surface area contributed by atoms with Gasteiger partial charge >= 0.3 is 0 Å². The minimum Gasteiger partial charge on any atom is -0.497 e. The van der Waals surface area contributed by atoms with E-state index in [4.69, 9.17) is 4.74 Å². The van der Waals surface area contributed by atoms with Gasteiger partial charge in [-0.05, 0) is 41.1 Å². The summed E-state index contributed by atoms with van der Waals surface area (Å²) in [6.07, 6.45) is 0.240. The standard InChI is InChI=1S/C18H15N3O3S/c1-24-16-6-4-13(5-7-16)17(15(10-19)11-20)9-14(12-21(22)23)18-3-2-8-25-18/h2-8,14H,9,12H2,1H3. The summed E-state index contributed by atoms with van der Waals surface area (Å²) >= 11 is 1.43. The van der Waals surface area contributed by atoms with Crippen LogP contribution in [-0.4, -0.2) is 18.6 Å². The van der Waals surface area contributed by atoms with Gasteiger partial charge < -0.3 is 4.74 Å². The predicted octanol–water partition coefficient (Wildman–Crippen LogP) is 4.01. The van der Waals surface area contributed by atoms with Gasteiger partial charge in [0.05, 0.1) is 13.0 Å². The Morgan fingerprint density at radius 3 is 2.44 bits per heavy atom. The summed E-state index contributed by atoms with van der Waals surface area (Å²) in [6, 6.07) is 14.4. The van der Waals surface area contributed by atoms with E-state index in [0.29, 0.717) is 16.9 Å². The van der Waals surface area contributed by atoms with Crippen LogP contribution in [-0.2, 0) is 0 Å². The maximum atomic E-state index is 11.1. The van der Waals surface area contributed by atoms with E-state index in [1.54, 1.807) is 31.4 Å². The average molecular weight is 353 g/mol. The molecule has 0 aliphatic heterocycles. The van der Waals surface area contributed by atoms with E-state index in [1.165, 1.54) is 11.3 Å². The number of benzene rings is 1. The number of thiophene rings is 1. The average Bonchev–Trinajstić information content (AvgIpc) is 3.15. The molecular formula is C18H15N3O3S. The lowest BCUT2D eigenvalue weighted by Crippen LogP contribution is -2.12. The van der Waals surface area contributed by atoms with E-state index >= 15 is 0 Å². The Morgan fingerprint density at radius 2 is 1.96 bits per heavy atom. The van der Waals surface area contributed by atoms with Crippen LogP contribution in [0.4, 0.5) is 0 Å². The van der Waals surface area contributed by atoms with Gasteiger partial charge in [-0.25, -0.2) is 0 Å². The summed E-state index contributed by atoms with van der Waals surface area (Å²) in [5.41, 5.74) is 1.16. The number of hydrogen-bond acceptors (Lipinski definition) is 6. The fourth-order valence-corrected chi connectivity index (χ4v) is 3.34. The summed E-state index contributed by atoms with van der Waals surface area (Å²) in [5.74, 6) is 0.252. The van der Waals surface area contributed by atoms with Crippen LogP contribution < -0.4 is 4.74 Å². The van der Waals surface area contributed by atoms with Crippen LogP contribution in [0.25, 0.3) is 5.57 Å². The topological polar surface area (TPSA) is 99.9 Å². The lowest BCUT2D eigenvalue weighted by Gasteiger charge is -2.15. The first-order valence-corrected chi connectivity index (χ1v) is 8.30. The van der Waals surface area contributed by atoms with Crippen LogP contribution >= 0.6 is 11.3 Å². The highest BCUT2D eigenvalue weighted by Gasteiger charge is 2.23. The number of ether oxygens (including phenoxy) is 1. The van der Waals surface area contributed by atoms with Crippen molar-refractivity contribution in [3.63, 3.8) is 0 Å². The van der Waals surface area contributed by atoms with Crippen LogP contribution in [0.3, 0.4) is 0 Å². The van der Waals surface area contributed by atoms with Gasteiger partial charge in [-0.3, -0.25) is 10.1 Å². The highest BCUT2D eigenvalue weighted by molar-refractivity contribution is 7.10. The molecule has 7 heteroatoms. The molecule has 126 valence electrons. The number of nitro groups is 1. The molecule has 2 rings (SSSR count). The van der Waals surface area contributed by atoms with Crippen molar-refractivity contribution in [3.05, 3.63) is 67.9 Å². The van der Waals surface area contributed by atoms with E-state index in [9.17, 15) is 20.6 Å². The van der Waals surface area contributed by atoms with Crippen LogP contribution in [0, 0.1) is 32.8 Å². The van der Waals surface area contributed by atoms with Gasteiger partial charge in [0.1, 0.15) is 23.5 Å². The first-order chi connectivity index (χ1) is 12.1. The van der Waals surface area contributed by atoms with Crippen LogP contribution in [0.15, 0.2) is 47.4 Å². The quantitative estimate of drug-likeness (QED) is 0.425. The first-order valence-electron chi connectivity index (χ1n) is 7.42. The van der Waals surface area contributed by atoms with Crippen molar-refractivity contribution in [2.24, 2.45) is 0 Å². The highest BCUT2D eigenvalue weighted by Crippen LogP contribution is 2.34. The molecule has 2 aromatic rings. The number of rotatable bonds is 7. The van der Waals surface area contributed by atoms with Crippen LogP contribution in [0.2, 0.25) is 0 Å². The molecule has 6 nitrogen and oxygen atoms in total. The maximum Gasteiger partial charge on any atom is 0.211 e. The molecule has 0 aliphatic carbocycles. The fourth-order valence-electron chi connectivity index (χ4n) is 2.52. The summed E-state index contributed by atoms with van der Waals surface area (Å²) < 4.78 is 5.12. The molecule has 0 saturated carbocycles. The van der Waals surface area contributed by atoms with Crippen molar-refractivity contribution in [3.8, 4) is 17.9 Å². The Kier molecular flexibility index (Phi) is 6.27. The number of allylic oxidation sites excluding steroid dienone is 2. The summed E-state index contributed by atoms with van der Waals surface area (Å²) in [5, 5.41) is 31.5. The summed E-state index contributed by atoms with van der Waals surface area (Å²) in [7, 11) is 1.55. The summed E-state index contributed by atoms with van der Waals surface area (Å²) in [4.78, 5) is 11.6. The van der Waals surface area contributed by atoms with E-state index < -0.39 is 5.92 Å². The van der Waals surface area contributed by atoms with Gasteiger partial charge in [0, 0.05) is 9.80 Å². The molecular weight excluding hydrogens is 338 g/mol. The largest absolute Gasteiger partial charge is 0.497 e. The lowest BCUT2D eigenvalue weighted by molar-refractivity contribution is -0.483. The normalized spacial score (nSPS) is 11.0. The molecule has 0 saturated heterocycles. The van der Waals surface area contributed by atoms with Crippen molar-refractivity contribution < 1.29 is 9.66 Å². The third-order valence-electron chi connectivity index (χ3n) is 3.73. The van der Waals surface area contributed by atoms with Gasteiger partial charge in [0.25, 0.3) is 0 Å². The Hall–Kier alpha value is -3.16. The van der Waals surface area contributed by atoms with E-state index in [1.807, 2.05) is 29.7 Å². The van der Waals surface area contributed by atoms with Crippen molar-refractivity contribution in [2.45, 2.75) is 12.3 Å². The minimum atomic E-state index is -0.399. The smallest absolute Gasteiger partial charge is 0.211 e. The van der Waals surface area contributed by atoms with Crippen molar-refractivity contribution >= 4 is 16.9 Å². The molecule has 0 fully saturated rings. The monoisotopic (exact) mass is 353 g/mol. The SMILES string of the molecule is COc1ccc(C(CC(C[N+](=O)[O-])c2cccs2)=C(C#N)C#N)cc1. The van der Waals surface area contributed by atoms with Gasteiger partial charge in [-0.2, -0.15) is 10.5 Å². The Labute approximate surface area is 149 Å². The molecule has 0 bridgehead atoms. The van der Waals surface area contributed by atoms with Gasteiger partial charge in [-0.15, -0.1) is 11.3 Å². The molecule has 1 heterocycles. The molecule has 1 atom stereocenters. The van der Waals surface area contributed by atoms with Gasteiger partial charge in [-0.1, -0.05) is 18.2 Å². The lowest BCUT2D eigenvalue weighted by atomic mass is 9.90. The third kappa shape index (κ3) is 4.66. The molecule has 25 heavy (non-hydrogen) atoms. The fraction of sp³-hybridized carbons (Fsp3) is 0.222. The molecule has 1 aromatic heterocycles.